The molecule has 16 heavy (non-hydrogen) atoms. The van der Waals surface area contributed by atoms with Crippen LogP contribution >= 0.6 is 19.1 Å². The summed E-state index contributed by atoms with van der Waals surface area (Å²) in [6.07, 6.45) is 0.910. The van der Waals surface area contributed by atoms with E-state index >= 15 is 0 Å². The number of carbonyl (C=O) groups excluding carboxylic acids is 1. The Bertz CT molecular complexity index is 344. The molecule has 2 heterocycles. The number of fused-ring (bicyclic) bond motifs is 2. The highest BCUT2D eigenvalue weighted by atomic mass is 32.2. The molecule has 0 aliphatic carbocycles. The van der Waals surface area contributed by atoms with Crippen LogP contribution in [-0.4, -0.2) is 38.9 Å². The molecular formula is C11H20NO2PS. The zero-order valence-electron chi connectivity index (χ0n) is 10.3. The normalized spacial score (nSPS) is 31.0. The van der Waals surface area contributed by atoms with Gasteiger partial charge in [-0.05, 0) is 6.42 Å². The minimum Gasteiger partial charge on any atom is -0.306 e. The van der Waals surface area contributed by atoms with E-state index in [2.05, 4.69) is 0 Å². The van der Waals surface area contributed by atoms with Crippen LogP contribution in [0.4, 0.5) is 0 Å². The minimum absolute atomic E-state index is 0.0642. The Morgan fingerprint density at radius 1 is 1.31 bits per heavy atom. The third kappa shape index (κ3) is 1.70. The van der Waals surface area contributed by atoms with E-state index in [0.717, 1.165) is 13.0 Å². The van der Waals surface area contributed by atoms with Crippen LogP contribution in [0.3, 0.4) is 0 Å². The van der Waals surface area contributed by atoms with E-state index in [-0.39, 0.29) is 22.5 Å². The van der Waals surface area contributed by atoms with E-state index in [1.54, 1.807) is 0 Å². The van der Waals surface area contributed by atoms with Gasteiger partial charge in [0.1, 0.15) is 0 Å². The summed E-state index contributed by atoms with van der Waals surface area (Å²) in [4.78, 5) is 11.7. The van der Waals surface area contributed by atoms with E-state index in [1.165, 1.54) is 11.8 Å². The van der Waals surface area contributed by atoms with Gasteiger partial charge in [0.15, 0.2) is 7.29 Å². The second kappa shape index (κ2) is 4.15. The second-order valence-electron chi connectivity index (χ2n) is 5.29. The van der Waals surface area contributed by atoms with E-state index < -0.39 is 7.29 Å². The molecule has 2 atom stereocenters. The SMILES string of the molecule is CC(C)P(=O)(C(C)C)N1C[C@@H]2C[C@H]1C(=O)S2. The number of thioether (sulfide) groups is 1. The smallest absolute Gasteiger partial charge is 0.206 e. The van der Waals surface area contributed by atoms with Gasteiger partial charge < -0.3 is 4.57 Å². The average Bonchev–Trinajstić information content (AvgIpc) is 2.73. The van der Waals surface area contributed by atoms with Crippen molar-refractivity contribution in [2.75, 3.05) is 6.54 Å². The van der Waals surface area contributed by atoms with E-state index in [4.69, 9.17) is 0 Å². The third-order valence-electron chi connectivity index (χ3n) is 3.67. The fourth-order valence-corrected chi connectivity index (χ4v) is 7.74. The van der Waals surface area contributed by atoms with Crippen molar-refractivity contribution in [3.63, 3.8) is 0 Å². The molecule has 92 valence electrons. The number of rotatable bonds is 3. The first kappa shape index (κ1) is 12.7. The van der Waals surface area contributed by atoms with Gasteiger partial charge in [0.2, 0.25) is 5.12 Å². The standard InChI is InChI=1S/C11H20NO2PS/c1-7(2)15(14,8(3)4)12-6-9-5-10(12)11(13)16-9/h7-10H,5-6H2,1-4H3/t9-,10-/m0/s1. The molecule has 0 aromatic carbocycles. The molecule has 2 rings (SSSR count). The summed E-state index contributed by atoms with van der Waals surface area (Å²) in [5.41, 5.74) is 0.286. The monoisotopic (exact) mass is 261 g/mol. The number of hydrogen-bond acceptors (Lipinski definition) is 3. The Hall–Kier alpha value is 0.210. The molecule has 3 nitrogen and oxygen atoms in total. The lowest BCUT2D eigenvalue weighted by molar-refractivity contribution is -0.113. The summed E-state index contributed by atoms with van der Waals surface area (Å²) in [6.45, 7) is 8.91. The summed E-state index contributed by atoms with van der Waals surface area (Å²) >= 11 is 1.46. The summed E-state index contributed by atoms with van der Waals surface area (Å²) in [5.74, 6) is 0. The first-order chi connectivity index (χ1) is 7.37. The molecule has 2 saturated heterocycles. The van der Waals surface area contributed by atoms with E-state index in [9.17, 15) is 9.36 Å². The topological polar surface area (TPSA) is 37.4 Å². The molecule has 0 aromatic rings. The maximum Gasteiger partial charge on any atom is 0.206 e. The Balaban J connectivity index is 2.30. The summed E-state index contributed by atoms with van der Waals surface area (Å²) in [7, 11) is -2.39. The Morgan fingerprint density at radius 3 is 2.25 bits per heavy atom. The molecule has 0 saturated carbocycles. The van der Waals surface area contributed by atoms with E-state index in [1.807, 2.05) is 32.4 Å². The maximum atomic E-state index is 13.1. The van der Waals surface area contributed by atoms with Crippen LogP contribution in [0.15, 0.2) is 0 Å². The lowest BCUT2D eigenvalue weighted by atomic mass is 10.2. The van der Waals surface area contributed by atoms with Crippen LogP contribution in [0.2, 0.25) is 0 Å². The van der Waals surface area contributed by atoms with Gasteiger partial charge >= 0.3 is 0 Å². The molecule has 2 aliphatic rings. The van der Waals surface area contributed by atoms with Crippen molar-refractivity contribution in [2.45, 2.75) is 56.7 Å². The van der Waals surface area contributed by atoms with Gasteiger partial charge in [-0.25, -0.2) is 4.67 Å². The van der Waals surface area contributed by atoms with E-state index in [0.29, 0.717) is 5.25 Å². The third-order valence-corrected chi connectivity index (χ3v) is 9.06. The molecule has 0 radical (unpaired) electrons. The lowest BCUT2D eigenvalue weighted by Gasteiger charge is -2.38. The quantitative estimate of drug-likeness (QED) is 0.732. The molecule has 2 bridgehead atoms. The van der Waals surface area contributed by atoms with Crippen LogP contribution in [0.25, 0.3) is 0 Å². The molecule has 0 spiro atoms. The van der Waals surface area contributed by atoms with Crippen molar-refractivity contribution in [3.05, 3.63) is 0 Å². The van der Waals surface area contributed by atoms with Crippen molar-refractivity contribution in [3.8, 4) is 0 Å². The molecule has 2 fully saturated rings. The Kier molecular flexibility index (Phi) is 3.28. The highest BCUT2D eigenvalue weighted by Gasteiger charge is 2.53. The van der Waals surface area contributed by atoms with Gasteiger partial charge in [0, 0.05) is 23.1 Å². The fourth-order valence-electron chi connectivity index (χ4n) is 2.86. The van der Waals surface area contributed by atoms with Crippen LogP contribution in [0.5, 0.6) is 0 Å². The lowest BCUT2D eigenvalue weighted by Crippen LogP contribution is -2.38. The van der Waals surface area contributed by atoms with Crippen LogP contribution < -0.4 is 0 Å². The molecule has 0 aromatic heterocycles. The highest BCUT2D eigenvalue weighted by molar-refractivity contribution is 8.14. The van der Waals surface area contributed by atoms with Crippen molar-refractivity contribution >= 4 is 24.2 Å². The van der Waals surface area contributed by atoms with Crippen LogP contribution in [0.1, 0.15) is 34.1 Å². The number of nitrogens with zero attached hydrogens (tertiary/aromatic N) is 1. The molecule has 0 N–H and O–H groups in total. The van der Waals surface area contributed by atoms with Gasteiger partial charge in [-0.15, -0.1) is 0 Å². The number of carbonyl (C=O) groups is 1. The summed E-state index contributed by atoms with van der Waals surface area (Å²) in [5, 5.41) is 0.626. The predicted octanol–water partition coefficient (Wildman–Crippen LogP) is 2.80. The summed E-state index contributed by atoms with van der Waals surface area (Å²) in [6, 6.07) is -0.0642. The van der Waals surface area contributed by atoms with Crippen molar-refractivity contribution in [2.24, 2.45) is 0 Å². The van der Waals surface area contributed by atoms with Gasteiger partial charge in [0.25, 0.3) is 0 Å². The first-order valence-electron chi connectivity index (χ1n) is 5.94. The zero-order chi connectivity index (χ0) is 12.1. The Labute approximate surface area is 102 Å². The van der Waals surface area contributed by atoms with Crippen molar-refractivity contribution < 1.29 is 9.36 Å². The van der Waals surface area contributed by atoms with Gasteiger partial charge in [0.05, 0.1) is 6.04 Å². The second-order valence-corrected chi connectivity index (χ2v) is 10.5. The van der Waals surface area contributed by atoms with Gasteiger partial charge in [-0.3, -0.25) is 4.79 Å². The zero-order valence-corrected chi connectivity index (χ0v) is 12.1. The van der Waals surface area contributed by atoms with Gasteiger partial charge in [-0.2, -0.15) is 0 Å². The van der Waals surface area contributed by atoms with Gasteiger partial charge in [-0.1, -0.05) is 39.5 Å². The average molecular weight is 261 g/mol. The predicted molar refractivity (Wildman–Crippen MR) is 69.4 cm³/mol. The molecule has 0 amide bonds. The fraction of sp³-hybridized carbons (Fsp3) is 0.909. The molecule has 5 heteroatoms. The maximum absolute atomic E-state index is 13.1. The molecule has 0 unspecified atom stereocenters. The highest BCUT2D eigenvalue weighted by Crippen LogP contribution is 2.63. The van der Waals surface area contributed by atoms with Crippen LogP contribution in [0, 0.1) is 0 Å². The first-order valence-corrected chi connectivity index (χ1v) is 8.62. The number of hydrogen-bond donors (Lipinski definition) is 0. The van der Waals surface area contributed by atoms with Crippen molar-refractivity contribution in [1.82, 2.24) is 4.67 Å². The van der Waals surface area contributed by atoms with Crippen LogP contribution in [-0.2, 0) is 9.36 Å². The minimum atomic E-state index is -2.39. The largest absolute Gasteiger partial charge is 0.306 e. The Morgan fingerprint density at radius 2 is 1.88 bits per heavy atom. The van der Waals surface area contributed by atoms with Crippen molar-refractivity contribution in [1.29, 1.82) is 0 Å². The molecule has 2 aliphatic heterocycles. The summed E-state index contributed by atoms with van der Waals surface area (Å²) < 4.78 is 15.2. The molecular weight excluding hydrogens is 241 g/mol.